The molecule has 0 radical (unpaired) electrons. The van der Waals surface area contributed by atoms with Gasteiger partial charge in [-0.1, -0.05) is 40.2 Å². The van der Waals surface area contributed by atoms with Gasteiger partial charge in [0.2, 0.25) is 10.0 Å². The summed E-state index contributed by atoms with van der Waals surface area (Å²) in [6, 6.07) is 12.8. The lowest BCUT2D eigenvalue weighted by molar-refractivity contribution is 0.597. The van der Waals surface area contributed by atoms with Crippen LogP contribution in [0.3, 0.4) is 0 Å². The molecule has 0 spiro atoms. The van der Waals surface area contributed by atoms with Crippen molar-refractivity contribution in [3.05, 3.63) is 63.6 Å². The van der Waals surface area contributed by atoms with E-state index in [1.165, 1.54) is 17.2 Å². The first-order chi connectivity index (χ1) is 9.86. The summed E-state index contributed by atoms with van der Waals surface area (Å²) in [6.07, 6.45) is 0. The molecule has 112 valence electrons. The lowest BCUT2D eigenvalue weighted by atomic mass is 10.1. The summed E-state index contributed by atoms with van der Waals surface area (Å²) in [5.74, 6) is 0. The van der Waals surface area contributed by atoms with E-state index in [2.05, 4.69) is 27.3 Å². The predicted molar refractivity (Wildman–Crippen MR) is 87.2 cm³/mol. The Bertz CT molecular complexity index is 745. The minimum Gasteiger partial charge on any atom is -0.309 e. The number of aryl methyl sites for hydroxylation is 1. The van der Waals surface area contributed by atoms with E-state index in [1.54, 1.807) is 12.1 Å². The fraction of sp³-hybridized carbons (Fsp3) is 0.200. The molecule has 2 rings (SSSR count). The highest BCUT2D eigenvalue weighted by molar-refractivity contribution is 9.10. The Morgan fingerprint density at radius 3 is 2.38 bits per heavy atom. The summed E-state index contributed by atoms with van der Waals surface area (Å²) in [4.78, 5) is 0.140. The van der Waals surface area contributed by atoms with Crippen molar-refractivity contribution in [2.45, 2.75) is 24.9 Å². The van der Waals surface area contributed by atoms with Crippen molar-refractivity contribution < 1.29 is 8.42 Å². The molecule has 0 fully saturated rings. The summed E-state index contributed by atoms with van der Waals surface area (Å²) in [5.41, 5.74) is 3.25. The van der Waals surface area contributed by atoms with Gasteiger partial charge in [-0.3, -0.25) is 0 Å². The summed E-state index contributed by atoms with van der Waals surface area (Å²) in [5, 5.41) is 8.42. The van der Waals surface area contributed by atoms with Gasteiger partial charge in [-0.05, 0) is 41.8 Å². The van der Waals surface area contributed by atoms with Crippen LogP contribution in [0.4, 0.5) is 0 Å². The SMILES string of the molecule is Cc1cc(CNCc2cccc(S(N)(=O)=O)c2)ccc1Br. The zero-order chi connectivity index (χ0) is 15.5. The van der Waals surface area contributed by atoms with Crippen LogP contribution < -0.4 is 10.5 Å². The quantitative estimate of drug-likeness (QED) is 0.851. The molecule has 0 saturated heterocycles. The Morgan fingerprint density at radius 2 is 1.76 bits per heavy atom. The molecule has 0 heterocycles. The Kier molecular flexibility index (Phi) is 5.16. The van der Waals surface area contributed by atoms with Gasteiger partial charge in [-0.15, -0.1) is 0 Å². The van der Waals surface area contributed by atoms with Gasteiger partial charge in [0, 0.05) is 17.6 Å². The number of halogens is 1. The van der Waals surface area contributed by atoms with Crippen LogP contribution in [-0.4, -0.2) is 8.42 Å². The topological polar surface area (TPSA) is 72.2 Å². The van der Waals surface area contributed by atoms with E-state index in [1.807, 2.05) is 25.1 Å². The molecule has 0 bridgehead atoms. The Hall–Kier alpha value is -1.21. The zero-order valence-corrected chi connectivity index (χ0v) is 14.0. The molecule has 0 aromatic heterocycles. The third kappa shape index (κ3) is 4.64. The van der Waals surface area contributed by atoms with Crippen LogP contribution in [0.1, 0.15) is 16.7 Å². The molecule has 0 aliphatic heterocycles. The van der Waals surface area contributed by atoms with E-state index >= 15 is 0 Å². The van der Waals surface area contributed by atoms with Crippen molar-refractivity contribution in [3.8, 4) is 0 Å². The highest BCUT2D eigenvalue weighted by Crippen LogP contribution is 2.17. The number of primary sulfonamides is 1. The molecule has 21 heavy (non-hydrogen) atoms. The number of sulfonamides is 1. The molecule has 4 nitrogen and oxygen atoms in total. The zero-order valence-electron chi connectivity index (χ0n) is 11.6. The first-order valence-electron chi connectivity index (χ1n) is 6.44. The third-order valence-corrected chi connectivity index (χ3v) is 4.91. The fourth-order valence-electron chi connectivity index (χ4n) is 2.00. The van der Waals surface area contributed by atoms with Gasteiger partial charge in [0.1, 0.15) is 0 Å². The molecule has 2 aromatic rings. The van der Waals surface area contributed by atoms with Gasteiger partial charge in [0.05, 0.1) is 4.90 Å². The van der Waals surface area contributed by atoms with Gasteiger partial charge in [-0.2, -0.15) is 0 Å². The van der Waals surface area contributed by atoms with E-state index < -0.39 is 10.0 Å². The number of nitrogens with two attached hydrogens (primary N) is 1. The second kappa shape index (κ2) is 6.70. The first kappa shape index (κ1) is 16.2. The molecule has 6 heteroatoms. The summed E-state index contributed by atoms with van der Waals surface area (Å²) in [6.45, 7) is 3.34. The van der Waals surface area contributed by atoms with E-state index in [4.69, 9.17) is 5.14 Å². The minimum atomic E-state index is -3.65. The van der Waals surface area contributed by atoms with Crippen LogP contribution in [0.2, 0.25) is 0 Å². The second-order valence-electron chi connectivity index (χ2n) is 4.88. The number of hydrogen-bond acceptors (Lipinski definition) is 3. The summed E-state index contributed by atoms with van der Waals surface area (Å²) in [7, 11) is -3.65. The van der Waals surface area contributed by atoms with E-state index in [0.717, 1.165) is 10.0 Å². The standard InChI is InChI=1S/C15H17BrN2O2S/c1-11-7-13(5-6-15(11)16)10-18-9-12-3-2-4-14(8-12)21(17,19)20/h2-8,18H,9-10H2,1H3,(H2,17,19,20). The van der Waals surface area contributed by atoms with Gasteiger partial charge in [0.15, 0.2) is 0 Å². The van der Waals surface area contributed by atoms with Crippen LogP contribution in [0.5, 0.6) is 0 Å². The van der Waals surface area contributed by atoms with Crippen molar-refractivity contribution in [1.82, 2.24) is 5.32 Å². The van der Waals surface area contributed by atoms with E-state index in [0.29, 0.717) is 13.1 Å². The summed E-state index contributed by atoms with van der Waals surface area (Å²) < 4.78 is 23.7. The lowest BCUT2D eigenvalue weighted by Crippen LogP contribution is -2.15. The van der Waals surface area contributed by atoms with Gasteiger partial charge < -0.3 is 5.32 Å². The Balaban J connectivity index is 1.99. The average Bonchev–Trinajstić information content (AvgIpc) is 2.42. The number of rotatable bonds is 5. The molecule has 2 aromatic carbocycles. The van der Waals surface area contributed by atoms with Crippen molar-refractivity contribution >= 4 is 26.0 Å². The molecule has 0 unspecified atom stereocenters. The molecule has 0 amide bonds. The fourth-order valence-corrected chi connectivity index (χ4v) is 2.83. The van der Waals surface area contributed by atoms with Gasteiger partial charge in [-0.25, -0.2) is 13.6 Å². The molecule has 3 N–H and O–H groups in total. The Morgan fingerprint density at radius 1 is 1.10 bits per heavy atom. The number of hydrogen-bond donors (Lipinski definition) is 2. The van der Waals surface area contributed by atoms with E-state index in [9.17, 15) is 8.42 Å². The van der Waals surface area contributed by atoms with Gasteiger partial charge >= 0.3 is 0 Å². The lowest BCUT2D eigenvalue weighted by Gasteiger charge is -2.08. The predicted octanol–water partition coefficient (Wildman–Crippen LogP) is 2.69. The van der Waals surface area contributed by atoms with Crippen LogP contribution >= 0.6 is 15.9 Å². The third-order valence-electron chi connectivity index (χ3n) is 3.11. The van der Waals surface area contributed by atoms with E-state index in [-0.39, 0.29) is 4.90 Å². The second-order valence-corrected chi connectivity index (χ2v) is 7.30. The molecule has 0 atom stereocenters. The smallest absolute Gasteiger partial charge is 0.238 e. The Labute approximate surface area is 133 Å². The minimum absolute atomic E-state index is 0.140. The van der Waals surface area contributed by atoms with Crippen LogP contribution in [0, 0.1) is 6.92 Å². The normalized spacial score (nSPS) is 11.6. The molecule has 0 saturated carbocycles. The van der Waals surface area contributed by atoms with Gasteiger partial charge in [0.25, 0.3) is 0 Å². The first-order valence-corrected chi connectivity index (χ1v) is 8.78. The molecular formula is C15H17BrN2O2S. The number of benzene rings is 2. The van der Waals surface area contributed by atoms with Crippen molar-refractivity contribution in [1.29, 1.82) is 0 Å². The molecular weight excluding hydrogens is 352 g/mol. The maximum Gasteiger partial charge on any atom is 0.238 e. The van der Waals surface area contributed by atoms with Crippen molar-refractivity contribution in [3.63, 3.8) is 0 Å². The number of nitrogens with one attached hydrogen (secondary N) is 1. The summed E-state index contributed by atoms with van der Waals surface area (Å²) >= 11 is 3.47. The van der Waals surface area contributed by atoms with Crippen molar-refractivity contribution in [2.75, 3.05) is 0 Å². The average molecular weight is 369 g/mol. The van der Waals surface area contributed by atoms with Crippen LogP contribution in [0.15, 0.2) is 51.8 Å². The van der Waals surface area contributed by atoms with Crippen molar-refractivity contribution in [2.24, 2.45) is 5.14 Å². The highest BCUT2D eigenvalue weighted by Gasteiger charge is 2.07. The maximum absolute atomic E-state index is 11.3. The van der Waals surface area contributed by atoms with Crippen LogP contribution in [0.25, 0.3) is 0 Å². The molecule has 0 aliphatic carbocycles. The molecule has 0 aliphatic rings. The highest BCUT2D eigenvalue weighted by atomic mass is 79.9. The maximum atomic E-state index is 11.3. The largest absolute Gasteiger partial charge is 0.309 e. The monoisotopic (exact) mass is 368 g/mol. The van der Waals surface area contributed by atoms with Crippen LogP contribution in [-0.2, 0) is 23.1 Å².